The summed E-state index contributed by atoms with van der Waals surface area (Å²) in [5.41, 5.74) is 4.89. The summed E-state index contributed by atoms with van der Waals surface area (Å²) in [4.78, 5) is 28.7. The molecule has 2 heterocycles. The first kappa shape index (κ1) is 24.0. The van der Waals surface area contributed by atoms with E-state index in [0.717, 1.165) is 50.9 Å². The molecule has 1 unspecified atom stereocenters. The molecule has 0 aromatic heterocycles. The van der Waals surface area contributed by atoms with Gasteiger partial charge < -0.3 is 20.3 Å². The van der Waals surface area contributed by atoms with E-state index in [0.29, 0.717) is 26.1 Å². The van der Waals surface area contributed by atoms with Gasteiger partial charge in [-0.15, -0.1) is 0 Å². The first-order valence-corrected chi connectivity index (χ1v) is 13.2. The lowest BCUT2D eigenvalue weighted by Crippen LogP contribution is -2.50. The lowest BCUT2D eigenvalue weighted by atomic mass is 9.87. The third kappa shape index (κ3) is 6.30. The number of fused-ring (bicyclic) bond motifs is 1. The van der Waals surface area contributed by atoms with E-state index in [1.807, 2.05) is 12.1 Å². The van der Waals surface area contributed by atoms with Gasteiger partial charge in [0, 0.05) is 38.5 Å². The van der Waals surface area contributed by atoms with Crippen LogP contribution in [0.1, 0.15) is 42.4 Å². The van der Waals surface area contributed by atoms with Gasteiger partial charge in [-0.3, -0.25) is 9.59 Å². The second kappa shape index (κ2) is 11.4. The summed E-state index contributed by atoms with van der Waals surface area (Å²) in [6.45, 7) is 3.54. The SMILES string of the molecule is O=C(NCC1CCCO1)[C@H]1C[C@@H](C(=O)Nc2ccc3c(c2)CCC3)CN(CCc2ccccc2)C1. The molecule has 2 aromatic rings. The summed E-state index contributed by atoms with van der Waals surface area (Å²) in [7, 11) is 0. The zero-order valence-electron chi connectivity index (χ0n) is 20.5. The number of hydrogen-bond acceptors (Lipinski definition) is 4. The molecular formula is C29H37N3O3. The van der Waals surface area contributed by atoms with E-state index in [1.165, 1.54) is 23.1 Å². The van der Waals surface area contributed by atoms with E-state index in [4.69, 9.17) is 4.74 Å². The highest BCUT2D eigenvalue weighted by atomic mass is 16.5. The van der Waals surface area contributed by atoms with E-state index in [1.54, 1.807) is 0 Å². The van der Waals surface area contributed by atoms with Crippen molar-refractivity contribution in [2.24, 2.45) is 11.8 Å². The van der Waals surface area contributed by atoms with Crippen LogP contribution < -0.4 is 10.6 Å². The van der Waals surface area contributed by atoms with Crippen molar-refractivity contribution in [1.29, 1.82) is 0 Å². The number of hydrogen-bond donors (Lipinski definition) is 2. The molecule has 2 aromatic carbocycles. The predicted molar refractivity (Wildman–Crippen MR) is 137 cm³/mol. The fourth-order valence-corrected chi connectivity index (χ4v) is 5.74. The summed E-state index contributed by atoms with van der Waals surface area (Å²) >= 11 is 0. The Balaban J connectivity index is 1.23. The molecule has 5 rings (SSSR count). The van der Waals surface area contributed by atoms with Crippen LogP contribution in [0.2, 0.25) is 0 Å². The van der Waals surface area contributed by atoms with E-state index >= 15 is 0 Å². The van der Waals surface area contributed by atoms with Crippen molar-refractivity contribution in [3.63, 3.8) is 0 Å². The van der Waals surface area contributed by atoms with Gasteiger partial charge in [0.2, 0.25) is 11.8 Å². The monoisotopic (exact) mass is 475 g/mol. The van der Waals surface area contributed by atoms with E-state index in [9.17, 15) is 9.59 Å². The number of aryl methyl sites for hydroxylation is 2. The molecule has 0 radical (unpaired) electrons. The van der Waals surface area contributed by atoms with Gasteiger partial charge in [-0.1, -0.05) is 36.4 Å². The summed E-state index contributed by atoms with van der Waals surface area (Å²) in [5.74, 6) is -0.354. The van der Waals surface area contributed by atoms with Crippen molar-refractivity contribution in [3.05, 3.63) is 65.2 Å². The van der Waals surface area contributed by atoms with Crippen molar-refractivity contribution < 1.29 is 14.3 Å². The van der Waals surface area contributed by atoms with Gasteiger partial charge in [-0.2, -0.15) is 0 Å². The third-order valence-corrected chi connectivity index (χ3v) is 7.72. The number of carbonyl (C=O) groups is 2. The smallest absolute Gasteiger partial charge is 0.228 e. The minimum absolute atomic E-state index is 0.0179. The molecule has 2 fully saturated rings. The van der Waals surface area contributed by atoms with E-state index in [2.05, 4.69) is 51.9 Å². The Kier molecular flexibility index (Phi) is 7.79. The van der Waals surface area contributed by atoms with Crippen LogP contribution in [-0.2, 0) is 33.6 Å². The quantitative estimate of drug-likeness (QED) is 0.612. The van der Waals surface area contributed by atoms with Crippen molar-refractivity contribution in [2.75, 3.05) is 38.1 Å². The average Bonchev–Trinajstić information content (AvgIpc) is 3.58. The molecule has 2 aliphatic heterocycles. The number of piperidine rings is 1. The fourth-order valence-electron chi connectivity index (χ4n) is 5.74. The van der Waals surface area contributed by atoms with Gasteiger partial charge in [0.15, 0.2) is 0 Å². The molecule has 2 saturated heterocycles. The number of rotatable bonds is 8. The summed E-state index contributed by atoms with van der Waals surface area (Å²) in [5, 5.41) is 6.26. The highest BCUT2D eigenvalue weighted by Gasteiger charge is 2.35. The van der Waals surface area contributed by atoms with Crippen LogP contribution >= 0.6 is 0 Å². The number of amides is 2. The van der Waals surface area contributed by atoms with Crippen molar-refractivity contribution in [2.45, 2.75) is 51.0 Å². The molecule has 2 N–H and O–H groups in total. The minimum Gasteiger partial charge on any atom is -0.376 e. The molecule has 2 amide bonds. The molecule has 6 nitrogen and oxygen atoms in total. The molecule has 6 heteroatoms. The summed E-state index contributed by atoms with van der Waals surface area (Å²) in [6, 6.07) is 16.7. The van der Waals surface area contributed by atoms with Gasteiger partial charge in [-0.05, 0) is 73.8 Å². The second-order valence-electron chi connectivity index (χ2n) is 10.3. The Labute approximate surface area is 208 Å². The molecule has 1 aliphatic carbocycles. The van der Waals surface area contributed by atoms with E-state index < -0.39 is 0 Å². The average molecular weight is 476 g/mol. The largest absolute Gasteiger partial charge is 0.376 e. The Hall–Kier alpha value is -2.70. The van der Waals surface area contributed by atoms with Gasteiger partial charge >= 0.3 is 0 Å². The summed E-state index contributed by atoms with van der Waals surface area (Å²) < 4.78 is 5.67. The van der Waals surface area contributed by atoms with Crippen LogP contribution in [0.4, 0.5) is 5.69 Å². The summed E-state index contributed by atoms with van der Waals surface area (Å²) in [6.07, 6.45) is 7.07. The predicted octanol–water partition coefficient (Wildman–Crippen LogP) is 3.59. The van der Waals surface area contributed by atoms with Crippen LogP contribution in [-0.4, -0.2) is 55.6 Å². The van der Waals surface area contributed by atoms with Crippen molar-refractivity contribution >= 4 is 17.5 Å². The Bertz CT molecular complexity index is 1020. The molecular weight excluding hydrogens is 438 g/mol. The first-order valence-electron chi connectivity index (χ1n) is 13.2. The Morgan fingerprint density at radius 2 is 1.74 bits per heavy atom. The zero-order valence-corrected chi connectivity index (χ0v) is 20.5. The van der Waals surface area contributed by atoms with Crippen LogP contribution in [0.3, 0.4) is 0 Å². The Morgan fingerprint density at radius 3 is 2.54 bits per heavy atom. The number of nitrogens with one attached hydrogen (secondary N) is 2. The maximum Gasteiger partial charge on any atom is 0.228 e. The molecule has 0 bridgehead atoms. The van der Waals surface area contributed by atoms with Crippen LogP contribution in [0.15, 0.2) is 48.5 Å². The molecule has 3 atom stereocenters. The van der Waals surface area contributed by atoms with Gasteiger partial charge in [-0.25, -0.2) is 0 Å². The lowest BCUT2D eigenvalue weighted by Gasteiger charge is -2.36. The highest BCUT2D eigenvalue weighted by Crippen LogP contribution is 2.27. The lowest BCUT2D eigenvalue weighted by molar-refractivity contribution is -0.130. The number of ether oxygens (including phenoxy) is 1. The number of carbonyl (C=O) groups excluding carboxylic acids is 2. The van der Waals surface area contributed by atoms with Crippen molar-refractivity contribution in [3.8, 4) is 0 Å². The van der Waals surface area contributed by atoms with Crippen LogP contribution in [0.25, 0.3) is 0 Å². The van der Waals surface area contributed by atoms with Crippen LogP contribution in [0.5, 0.6) is 0 Å². The highest BCUT2D eigenvalue weighted by molar-refractivity contribution is 5.93. The molecule has 35 heavy (non-hydrogen) atoms. The molecule has 186 valence electrons. The van der Waals surface area contributed by atoms with Crippen molar-refractivity contribution in [1.82, 2.24) is 10.2 Å². The van der Waals surface area contributed by atoms with Gasteiger partial charge in [0.05, 0.1) is 17.9 Å². The zero-order chi connectivity index (χ0) is 24.0. The maximum absolute atomic E-state index is 13.3. The molecule has 0 saturated carbocycles. The van der Waals surface area contributed by atoms with E-state index in [-0.39, 0.29) is 29.8 Å². The number of nitrogens with zero attached hydrogens (tertiary/aromatic N) is 1. The normalized spacial score (nSPS) is 24.2. The maximum atomic E-state index is 13.3. The standard InChI is InChI=1S/C29H37N3O3/c33-28(30-18-27-10-5-15-35-27)24-16-25(20-32(19-24)14-13-21-6-2-1-3-7-21)29(34)31-26-12-11-22-8-4-9-23(22)17-26/h1-3,6-7,11-12,17,24-25,27H,4-5,8-10,13-16,18-20H2,(H,30,33)(H,31,34)/t24-,25+,27?/m0/s1. The number of likely N-dealkylation sites (tertiary alicyclic amines) is 1. The van der Waals surface area contributed by atoms with Crippen LogP contribution in [0, 0.1) is 11.8 Å². The van der Waals surface area contributed by atoms with Gasteiger partial charge in [0.1, 0.15) is 0 Å². The molecule has 3 aliphatic rings. The number of anilines is 1. The molecule has 0 spiro atoms. The topological polar surface area (TPSA) is 70.7 Å². The first-order chi connectivity index (χ1) is 17.1. The third-order valence-electron chi connectivity index (χ3n) is 7.72. The Morgan fingerprint density at radius 1 is 0.943 bits per heavy atom. The second-order valence-corrected chi connectivity index (χ2v) is 10.3. The van der Waals surface area contributed by atoms with Gasteiger partial charge in [0.25, 0.3) is 0 Å². The minimum atomic E-state index is -0.216. The fraction of sp³-hybridized carbons (Fsp3) is 0.517. The number of benzene rings is 2.